The highest BCUT2D eigenvalue weighted by atomic mass is 16.4. The lowest BCUT2D eigenvalue weighted by Crippen LogP contribution is -2.49. The molecule has 0 unspecified atom stereocenters. The van der Waals surface area contributed by atoms with E-state index in [4.69, 9.17) is 5.11 Å². The number of fused-ring (bicyclic) bond motifs is 1. The van der Waals surface area contributed by atoms with Crippen molar-refractivity contribution in [2.45, 2.75) is 24.7 Å². The summed E-state index contributed by atoms with van der Waals surface area (Å²) in [7, 11) is 0. The molecule has 0 radical (unpaired) electrons. The van der Waals surface area contributed by atoms with Crippen LogP contribution < -0.4 is 0 Å². The molecule has 2 aliphatic rings. The summed E-state index contributed by atoms with van der Waals surface area (Å²) in [6.45, 7) is -0.105. The van der Waals surface area contributed by atoms with E-state index in [2.05, 4.69) is 0 Å². The summed E-state index contributed by atoms with van der Waals surface area (Å²) in [5.74, 6) is 0.0670. The number of aliphatic hydroxyl groups is 4. The largest absolute Gasteiger partial charge is 0.396 e. The van der Waals surface area contributed by atoms with Crippen molar-refractivity contribution in [1.82, 2.24) is 0 Å². The minimum Gasteiger partial charge on any atom is -0.396 e. The van der Waals surface area contributed by atoms with Gasteiger partial charge in [-0.2, -0.15) is 0 Å². The van der Waals surface area contributed by atoms with Gasteiger partial charge in [0.25, 0.3) is 0 Å². The van der Waals surface area contributed by atoms with E-state index in [9.17, 15) is 15.3 Å². The first-order valence-electron chi connectivity index (χ1n) is 4.32. The average molecular weight is 174 g/mol. The summed E-state index contributed by atoms with van der Waals surface area (Å²) in [4.78, 5) is 0. The maximum absolute atomic E-state index is 9.43. The quantitative estimate of drug-likeness (QED) is 0.383. The van der Waals surface area contributed by atoms with Crippen LogP contribution in [0.1, 0.15) is 6.42 Å². The minimum absolute atomic E-state index is 0.0977. The van der Waals surface area contributed by atoms with Crippen molar-refractivity contribution >= 4 is 0 Å². The monoisotopic (exact) mass is 174 g/mol. The fourth-order valence-corrected chi connectivity index (χ4v) is 2.33. The third kappa shape index (κ3) is 0.992. The molecule has 0 aromatic rings. The Kier molecular flexibility index (Phi) is 1.88. The van der Waals surface area contributed by atoms with E-state index in [-0.39, 0.29) is 24.4 Å². The highest BCUT2D eigenvalue weighted by Crippen LogP contribution is 2.52. The van der Waals surface area contributed by atoms with Crippen LogP contribution in [0.3, 0.4) is 0 Å². The van der Waals surface area contributed by atoms with Crippen molar-refractivity contribution in [3.8, 4) is 0 Å². The maximum Gasteiger partial charge on any atom is 0.106 e. The van der Waals surface area contributed by atoms with Gasteiger partial charge in [0.05, 0.1) is 12.2 Å². The number of aliphatic hydroxyl groups excluding tert-OH is 4. The molecule has 0 spiro atoms. The van der Waals surface area contributed by atoms with Gasteiger partial charge in [-0.15, -0.1) is 0 Å². The molecule has 0 aromatic carbocycles. The van der Waals surface area contributed by atoms with E-state index in [0.717, 1.165) is 6.42 Å². The average Bonchev–Trinajstić information content (AvgIpc) is 2.81. The van der Waals surface area contributed by atoms with Crippen LogP contribution >= 0.6 is 0 Å². The molecular weight excluding hydrogens is 160 g/mol. The fraction of sp³-hybridized carbons (Fsp3) is 1.00. The first-order valence-corrected chi connectivity index (χ1v) is 4.32. The first-order chi connectivity index (χ1) is 5.66. The fourth-order valence-electron chi connectivity index (χ4n) is 2.33. The van der Waals surface area contributed by atoms with Gasteiger partial charge in [-0.1, -0.05) is 0 Å². The Hall–Kier alpha value is -0.160. The lowest BCUT2D eigenvalue weighted by atomic mass is 9.83. The van der Waals surface area contributed by atoms with Gasteiger partial charge in [-0.3, -0.25) is 0 Å². The molecule has 0 saturated heterocycles. The smallest absolute Gasteiger partial charge is 0.106 e. The third-order valence-electron chi connectivity index (χ3n) is 3.23. The predicted molar refractivity (Wildman–Crippen MR) is 40.2 cm³/mol. The van der Waals surface area contributed by atoms with Crippen molar-refractivity contribution in [3.05, 3.63) is 0 Å². The van der Waals surface area contributed by atoms with Crippen LogP contribution in [0.4, 0.5) is 0 Å². The predicted octanol–water partition coefficient (Wildman–Crippen LogP) is -1.67. The molecule has 0 aliphatic heterocycles. The lowest BCUT2D eigenvalue weighted by Gasteiger charge is -2.33. The van der Waals surface area contributed by atoms with Crippen LogP contribution in [0.5, 0.6) is 0 Å². The normalized spacial score (nSPS) is 58.0. The van der Waals surface area contributed by atoms with Crippen LogP contribution in [0.25, 0.3) is 0 Å². The summed E-state index contributed by atoms with van der Waals surface area (Å²) >= 11 is 0. The molecule has 2 rings (SSSR count). The standard InChI is InChI=1S/C8H14O4/c9-2-5-3-1-4(3)6(10)8(12)7(5)11/h3-12H,1-2H2/t3-,4+,5+,6+,7-,8-/m1/s1. The summed E-state index contributed by atoms with van der Waals surface area (Å²) in [6.07, 6.45) is -2.02. The van der Waals surface area contributed by atoms with Gasteiger partial charge in [0.15, 0.2) is 0 Å². The van der Waals surface area contributed by atoms with Crippen molar-refractivity contribution in [3.63, 3.8) is 0 Å². The first kappa shape index (κ1) is 8.44. The molecule has 4 heteroatoms. The zero-order valence-corrected chi connectivity index (χ0v) is 6.67. The van der Waals surface area contributed by atoms with E-state index in [1.165, 1.54) is 0 Å². The Bertz CT molecular complexity index is 184. The van der Waals surface area contributed by atoms with Crippen LogP contribution in [0, 0.1) is 17.8 Å². The molecule has 2 saturated carbocycles. The molecule has 4 nitrogen and oxygen atoms in total. The van der Waals surface area contributed by atoms with E-state index >= 15 is 0 Å². The second-order valence-electron chi connectivity index (χ2n) is 3.88. The van der Waals surface area contributed by atoms with E-state index < -0.39 is 18.3 Å². The molecule has 0 bridgehead atoms. The van der Waals surface area contributed by atoms with Crippen molar-refractivity contribution in [2.24, 2.45) is 17.8 Å². The SMILES string of the molecule is OC[C@@H]1[C@@H](O)[C@H](O)[C@@H](O)[C@H]2C[C@H]21. The van der Waals surface area contributed by atoms with Gasteiger partial charge in [0.2, 0.25) is 0 Å². The third-order valence-corrected chi connectivity index (χ3v) is 3.23. The van der Waals surface area contributed by atoms with E-state index in [0.29, 0.717) is 0 Å². The van der Waals surface area contributed by atoms with Crippen molar-refractivity contribution in [2.75, 3.05) is 6.61 Å². The van der Waals surface area contributed by atoms with Gasteiger partial charge in [-0.05, 0) is 18.3 Å². The summed E-state index contributed by atoms with van der Waals surface area (Å²) in [6, 6.07) is 0. The Morgan fingerprint density at radius 3 is 2.17 bits per heavy atom. The Balaban J connectivity index is 2.11. The molecule has 0 amide bonds. The summed E-state index contributed by atoms with van der Waals surface area (Å²) < 4.78 is 0. The molecule has 4 N–H and O–H groups in total. The number of hydrogen-bond donors (Lipinski definition) is 4. The van der Waals surface area contributed by atoms with Crippen LogP contribution in [-0.4, -0.2) is 45.3 Å². The number of hydrogen-bond acceptors (Lipinski definition) is 4. The molecule has 2 fully saturated rings. The molecule has 0 aromatic heterocycles. The Morgan fingerprint density at radius 2 is 1.58 bits per heavy atom. The summed E-state index contributed by atoms with van der Waals surface area (Å²) in [5.41, 5.74) is 0. The van der Waals surface area contributed by atoms with Gasteiger partial charge in [0.1, 0.15) is 6.10 Å². The zero-order chi connectivity index (χ0) is 8.88. The zero-order valence-electron chi connectivity index (χ0n) is 6.67. The van der Waals surface area contributed by atoms with E-state index in [1.54, 1.807) is 0 Å². The van der Waals surface area contributed by atoms with Crippen molar-refractivity contribution in [1.29, 1.82) is 0 Å². The topological polar surface area (TPSA) is 80.9 Å². The molecule has 0 heterocycles. The molecule has 12 heavy (non-hydrogen) atoms. The second-order valence-corrected chi connectivity index (χ2v) is 3.88. The maximum atomic E-state index is 9.43. The molecule has 2 aliphatic carbocycles. The van der Waals surface area contributed by atoms with Gasteiger partial charge in [0, 0.05) is 12.5 Å². The van der Waals surface area contributed by atoms with E-state index in [1.807, 2.05) is 0 Å². The van der Waals surface area contributed by atoms with Crippen LogP contribution in [-0.2, 0) is 0 Å². The van der Waals surface area contributed by atoms with Crippen molar-refractivity contribution < 1.29 is 20.4 Å². The lowest BCUT2D eigenvalue weighted by molar-refractivity contribution is -0.123. The number of rotatable bonds is 1. The van der Waals surface area contributed by atoms with Gasteiger partial charge in [-0.25, -0.2) is 0 Å². The molecule has 6 atom stereocenters. The molecule has 70 valence electrons. The van der Waals surface area contributed by atoms with Crippen LogP contribution in [0.15, 0.2) is 0 Å². The van der Waals surface area contributed by atoms with Gasteiger partial charge >= 0.3 is 0 Å². The summed E-state index contributed by atoms with van der Waals surface area (Å²) in [5, 5.41) is 37.1. The highest BCUT2D eigenvalue weighted by Gasteiger charge is 2.57. The molecular formula is C8H14O4. The minimum atomic E-state index is -1.08. The Labute approximate surface area is 70.5 Å². The van der Waals surface area contributed by atoms with Crippen LogP contribution in [0.2, 0.25) is 0 Å². The Morgan fingerprint density at radius 1 is 0.917 bits per heavy atom. The van der Waals surface area contributed by atoms with Gasteiger partial charge < -0.3 is 20.4 Å². The highest BCUT2D eigenvalue weighted by molar-refractivity contribution is 5.06. The second kappa shape index (κ2) is 2.67.